The number of hydrogen-bond donors (Lipinski definition) is 2. The molecule has 0 aromatic heterocycles. The van der Waals surface area contributed by atoms with Gasteiger partial charge in [-0.25, -0.2) is 13.1 Å². The van der Waals surface area contributed by atoms with Crippen molar-refractivity contribution in [3.63, 3.8) is 0 Å². The minimum atomic E-state index is -5.12. The van der Waals surface area contributed by atoms with E-state index in [4.69, 9.17) is 16.3 Å². The lowest BCUT2D eigenvalue weighted by Crippen LogP contribution is -2.51. The molecule has 0 aliphatic rings. The summed E-state index contributed by atoms with van der Waals surface area (Å²) in [6.45, 7) is -1.32. The molecule has 0 aliphatic heterocycles. The Balaban J connectivity index is 2.39. The third-order valence-corrected chi connectivity index (χ3v) is 5.31. The van der Waals surface area contributed by atoms with E-state index < -0.39 is 38.8 Å². The second kappa shape index (κ2) is 7.43. The Morgan fingerprint density at radius 1 is 1.15 bits per heavy atom. The van der Waals surface area contributed by atoms with E-state index >= 15 is 0 Å². The molecule has 0 saturated heterocycles. The summed E-state index contributed by atoms with van der Waals surface area (Å²) in [5.74, 6) is -0.0999. The number of halogens is 4. The quantitative estimate of drug-likeness (QED) is 0.768. The van der Waals surface area contributed by atoms with E-state index in [-0.39, 0.29) is 10.8 Å². The number of benzene rings is 2. The maximum Gasteiger partial charge on any atom is 0.422 e. The van der Waals surface area contributed by atoms with Crippen LogP contribution in [0.25, 0.3) is 0 Å². The zero-order valence-electron chi connectivity index (χ0n) is 13.4. The van der Waals surface area contributed by atoms with Crippen molar-refractivity contribution in [2.24, 2.45) is 0 Å². The lowest BCUT2D eigenvalue weighted by Gasteiger charge is -2.31. The first kappa shape index (κ1) is 20.5. The van der Waals surface area contributed by atoms with Crippen molar-refractivity contribution >= 4 is 21.6 Å². The van der Waals surface area contributed by atoms with Gasteiger partial charge < -0.3 is 9.84 Å². The molecule has 2 N–H and O–H groups in total. The fraction of sp³-hybridized carbons (Fsp3) is 0.250. The van der Waals surface area contributed by atoms with Gasteiger partial charge in [0.1, 0.15) is 10.6 Å². The van der Waals surface area contributed by atoms with Crippen LogP contribution in [0.5, 0.6) is 5.75 Å². The Kier molecular flexibility index (Phi) is 5.86. The molecule has 0 aliphatic carbocycles. The lowest BCUT2D eigenvalue weighted by atomic mass is 9.93. The van der Waals surface area contributed by atoms with Crippen molar-refractivity contribution in [2.45, 2.75) is 16.7 Å². The first-order valence-electron chi connectivity index (χ1n) is 7.19. The van der Waals surface area contributed by atoms with Crippen molar-refractivity contribution < 1.29 is 31.4 Å². The molecule has 0 saturated carbocycles. The number of nitrogens with one attached hydrogen (secondary N) is 1. The van der Waals surface area contributed by atoms with Crippen molar-refractivity contribution in [3.05, 3.63) is 59.1 Å². The predicted molar refractivity (Wildman–Crippen MR) is 89.6 cm³/mol. The smallest absolute Gasteiger partial charge is 0.422 e. The van der Waals surface area contributed by atoms with E-state index in [9.17, 15) is 26.7 Å². The monoisotopic (exact) mass is 409 g/mol. The molecular weight excluding hydrogens is 395 g/mol. The molecule has 1 unspecified atom stereocenters. The van der Waals surface area contributed by atoms with Crippen LogP contribution in [0.2, 0.25) is 5.02 Å². The second-order valence-electron chi connectivity index (χ2n) is 5.34. The number of ether oxygens (including phenoxy) is 1. The van der Waals surface area contributed by atoms with Gasteiger partial charge in [0, 0.05) is 5.02 Å². The number of methoxy groups -OCH3 is 1. The van der Waals surface area contributed by atoms with Gasteiger partial charge in [0.05, 0.1) is 13.7 Å². The molecule has 0 amide bonds. The molecule has 0 radical (unpaired) electrons. The maximum absolute atomic E-state index is 13.4. The highest BCUT2D eigenvalue weighted by atomic mass is 35.5. The van der Waals surface area contributed by atoms with Crippen LogP contribution in [0.4, 0.5) is 13.2 Å². The molecular formula is C16H15ClF3NO4S. The summed E-state index contributed by atoms with van der Waals surface area (Å²) >= 11 is 5.76. The first-order chi connectivity index (χ1) is 12.0. The Labute approximate surface area is 153 Å². The Hall–Kier alpha value is -1.81. The molecule has 0 fully saturated rings. The van der Waals surface area contributed by atoms with Crippen molar-refractivity contribution in [1.82, 2.24) is 4.72 Å². The minimum absolute atomic E-state index is 0.0558. The van der Waals surface area contributed by atoms with Crippen molar-refractivity contribution in [3.8, 4) is 5.75 Å². The van der Waals surface area contributed by atoms with E-state index in [0.717, 1.165) is 18.2 Å². The van der Waals surface area contributed by atoms with Gasteiger partial charge in [-0.05, 0) is 23.8 Å². The third-order valence-electron chi connectivity index (χ3n) is 3.65. The highest BCUT2D eigenvalue weighted by molar-refractivity contribution is 7.89. The zero-order valence-corrected chi connectivity index (χ0v) is 15.0. The fourth-order valence-electron chi connectivity index (χ4n) is 2.22. The predicted octanol–water partition coefficient (Wildman–Crippen LogP) is 3.08. The molecule has 1 atom stereocenters. The van der Waals surface area contributed by atoms with E-state index in [1.807, 2.05) is 0 Å². The highest BCUT2D eigenvalue weighted by Gasteiger charge is 2.55. The number of alkyl halides is 3. The number of aliphatic hydroxyl groups is 1. The summed E-state index contributed by atoms with van der Waals surface area (Å²) in [7, 11) is -3.24. The van der Waals surface area contributed by atoms with Gasteiger partial charge >= 0.3 is 6.18 Å². The van der Waals surface area contributed by atoms with Crippen molar-refractivity contribution in [2.75, 3.05) is 13.7 Å². The summed E-state index contributed by atoms with van der Waals surface area (Å²) in [6, 6.07) is 9.88. The van der Waals surface area contributed by atoms with Crippen LogP contribution in [0, 0.1) is 0 Å². The normalized spacial score (nSPS) is 14.7. The summed E-state index contributed by atoms with van der Waals surface area (Å²) in [5, 5.41) is 10.3. The summed E-state index contributed by atoms with van der Waals surface area (Å²) in [5.41, 5.74) is -3.90. The van der Waals surface area contributed by atoms with Crippen LogP contribution in [0.15, 0.2) is 53.4 Å². The topological polar surface area (TPSA) is 75.6 Å². The highest BCUT2D eigenvalue weighted by Crippen LogP contribution is 2.39. The van der Waals surface area contributed by atoms with Gasteiger partial charge in [0.25, 0.3) is 0 Å². The number of rotatable bonds is 6. The molecule has 26 heavy (non-hydrogen) atoms. The average molecular weight is 410 g/mol. The van der Waals surface area contributed by atoms with Crippen LogP contribution < -0.4 is 9.46 Å². The Morgan fingerprint density at radius 3 is 2.31 bits per heavy atom. The first-order valence-corrected chi connectivity index (χ1v) is 9.05. The standard InChI is InChI=1S/C16H15ClF3NO4S/c1-25-13-8-7-12(17)9-14(13)26(23,24)21-10-15(22,16(18,19)20)11-5-3-2-4-6-11/h2-9,21-22H,10H2,1H3. The van der Waals surface area contributed by atoms with E-state index in [1.54, 1.807) is 4.72 Å². The van der Waals surface area contributed by atoms with Gasteiger partial charge in [-0.15, -0.1) is 0 Å². The largest absolute Gasteiger partial charge is 0.495 e. The van der Waals surface area contributed by atoms with E-state index in [2.05, 4.69) is 0 Å². The van der Waals surface area contributed by atoms with E-state index in [1.165, 1.54) is 37.4 Å². The molecule has 5 nitrogen and oxygen atoms in total. The van der Waals surface area contributed by atoms with Gasteiger partial charge in [0.2, 0.25) is 10.0 Å². The molecule has 2 aromatic carbocycles. The lowest BCUT2D eigenvalue weighted by molar-refractivity contribution is -0.263. The van der Waals surface area contributed by atoms with E-state index in [0.29, 0.717) is 0 Å². The summed E-state index contributed by atoms with van der Waals surface area (Å²) in [6.07, 6.45) is -5.12. The SMILES string of the molecule is COc1ccc(Cl)cc1S(=O)(=O)NCC(O)(c1ccccc1)C(F)(F)F. The van der Waals surface area contributed by atoms with Crippen LogP contribution in [0.3, 0.4) is 0 Å². The molecule has 142 valence electrons. The van der Waals surface area contributed by atoms with Gasteiger partial charge in [-0.3, -0.25) is 0 Å². The van der Waals surface area contributed by atoms with Crippen molar-refractivity contribution in [1.29, 1.82) is 0 Å². The van der Waals surface area contributed by atoms with Gasteiger partial charge in [-0.2, -0.15) is 13.2 Å². The van der Waals surface area contributed by atoms with Crippen LogP contribution in [-0.2, 0) is 15.6 Å². The van der Waals surface area contributed by atoms with Gasteiger partial charge in [0.15, 0.2) is 5.60 Å². The Morgan fingerprint density at radius 2 is 1.77 bits per heavy atom. The number of sulfonamides is 1. The minimum Gasteiger partial charge on any atom is -0.495 e. The second-order valence-corrected chi connectivity index (χ2v) is 7.52. The average Bonchev–Trinajstić information content (AvgIpc) is 2.59. The molecule has 0 bridgehead atoms. The van der Waals surface area contributed by atoms with Crippen LogP contribution >= 0.6 is 11.6 Å². The molecule has 0 spiro atoms. The molecule has 2 aromatic rings. The van der Waals surface area contributed by atoms with Gasteiger partial charge in [-0.1, -0.05) is 41.9 Å². The van der Waals surface area contributed by atoms with Crippen LogP contribution in [0.1, 0.15) is 5.56 Å². The Bertz CT molecular complexity index is 875. The molecule has 2 rings (SSSR count). The molecule has 0 heterocycles. The van der Waals surface area contributed by atoms with Crippen LogP contribution in [-0.4, -0.2) is 33.4 Å². The fourth-order valence-corrected chi connectivity index (χ4v) is 3.71. The zero-order chi connectivity index (χ0) is 19.6. The summed E-state index contributed by atoms with van der Waals surface area (Å²) in [4.78, 5) is -0.440. The summed E-state index contributed by atoms with van der Waals surface area (Å²) < 4.78 is 71.9. The third kappa shape index (κ3) is 4.12. The molecule has 10 heteroatoms. The number of hydrogen-bond acceptors (Lipinski definition) is 4. The maximum atomic E-state index is 13.4.